The fourth-order valence-electron chi connectivity index (χ4n) is 2.24. The highest BCUT2D eigenvalue weighted by Gasteiger charge is 2.17. The van der Waals surface area contributed by atoms with E-state index in [9.17, 15) is 4.79 Å². The van der Waals surface area contributed by atoms with Crippen molar-refractivity contribution < 1.29 is 4.79 Å². The summed E-state index contributed by atoms with van der Waals surface area (Å²) in [5.74, 6) is 0.139. The number of benzene rings is 1. The number of alkyl halides is 1. The van der Waals surface area contributed by atoms with E-state index in [-0.39, 0.29) is 11.9 Å². The summed E-state index contributed by atoms with van der Waals surface area (Å²) < 4.78 is 1.67. The van der Waals surface area contributed by atoms with Gasteiger partial charge in [0.15, 0.2) is 0 Å². The van der Waals surface area contributed by atoms with Gasteiger partial charge in [-0.2, -0.15) is 5.10 Å². The van der Waals surface area contributed by atoms with Gasteiger partial charge in [-0.15, -0.1) is 11.6 Å². The summed E-state index contributed by atoms with van der Waals surface area (Å²) in [5, 5.41) is 7.12. The molecule has 5 heteroatoms. The number of amides is 1. The van der Waals surface area contributed by atoms with Gasteiger partial charge in [-0.25, -0.2) is 4.52 Å². The highest BCUT2D eigenvalue weighted by Crippen LogP contribution is 2.16. The quantitative estimate of drug-likeness (QED) is 0.753. The molecule has 1 atom stereocenters. The van der Waals surface area contributed by atoms with Crippen molar-refractivity contribution in [3.63, 3.8) is 0 Å². The van der Waals surface area contributed by atoms with Gasteiger partial charge in [0.2, 0.25) is 0 Å². The fraction of sp³-hybridized carbons (Fsp3) is 0.125. The largest absolute Gasteiger partial charge is 0.344 e. The molecule has 3 rings (SSSR count). The maximum atomic E-state index is 12.4. The van der Waals surface area contributed by atoms with Crippen LogP contribution < -0.4 is 5.32 Å². The molecule has 0 saturated carbocycles. The van der Waals surface area contributed by atoms with E-state index in [4.69, 9.17) is 11.6 Å². The zero-order valence-electron chi connectivity index (χ0n) is 11.2. The van der Waals surface area contributed by atoms with Crippen LogP contribution in [0, 0.1) is 0 Å². The molecule has 1 amide bonds. The van der Waals surface area contributed by atoms with Gasteiger partial charge >= 0.3 is 0 Å². The summed E-state index contributed by atoms with van der Waals surface area (Å²) in [6.07, 6.45) is 3.38. The van der Waals surface area contributed by atoms with Crippen LogP contribution in [0.15, 0.2) is 60.9 Å². The van der Waals surface area contributed by atoms with Crippen LogP contribution in [-0.2, 0) is 0 Å². The SMILES string of the molecule is O=C(NC(CCl)c1ccccc1)c1cnn2ccccc12. The first-order valence-electron chi connectivity index (χ1n) is 6.64. The summed E-state index contributed by atoms with van der Waals surface area (Å²) >= 11 is 5.99. The Morgan fingerprint density at radius 3 is 2.71 bits per heavy atom. The fourth-order valence-corrected chi connectivity index (χ4v) is 2.50. The topological polar surface area (TPSA) is 46.4 Å². The summed E-state index contributed by atoms with van der Waals surface area (Å²) in [6, 6.07) is 15.1. The predicted octanol–water partition coefficient (Wildman–Crippen LogP) is 3.04. The first kappa shape index (κ1) is 13.6. The highest BCUT2D eigenvalue weighted by atomic mass is 35.5. The lowest BCUT2D eigenvalue weighted by Crippen LogP contribution is -2.29. The van der Waals surface area contributed by atoms with E-state index in [1.165, 1.54) is 0 Å². The molecule has 0 saturated heterocycles. The smallest absolute Gasteiger partial charge is 0.255 e. The molecule has 0 aliphatic carbocycles. The lowest BCUT2D eigenvalue weighted by molar-refractivity contribution is 0.0942. The summed E-state index contributed by atoms with van der Waals surface area (Å²) in [7, 11) is 0. The molecule has 1 unspecified atom stereocenters. The Balaban J connectivity index is 1.85. The number of hydrogen-bond acceptors (Lipinski definition) is 2. The lowest BCUT2D eigenvalue weighted by atomic mass is 10.1. The normalized spacial score (nSPS) is 12.2. The average Bonchev–Trinajstić information content (AvgIpc) is 2.97. The van der Waals surface area contributed by atoms with E-state index in [2.05, 4.69) is 10.4 Å². The Kier molecular flexibility index (Phi) is 3.88. The van der Waals surface area contributed by atoms with Crippen LogP contribution in [0.4, 0.5) is 0 Å². The second kappa shape index (κ2) is 5.97. The van der Waals surface area contributed by atoms with Crippen molar-refractivity contribution in [3.05, 3.63) is 72.1 Å². The molecule has 1 N–H and O–H groups in total. The third-order valence-corrected chi connectivity index (χ3v) is 3.64. The number of carbonyl (C=O) groups excluding carboxylic acids is 1. The Labute approximate surface area is 127 Å². The van der Waals surface area contributed by atoms with Crippen LogP contribution in [0.25, 0.3) is 5.52 Å². The molecule has 4 nitrogen and oxygen atoms in total. The van der Waals surface area contributed by atoms with E-state index in [0.717, 1.165) is 11.1 Å². The number of pyridine rings is 1. The molecule has 0 radical (unpaired) electrons. The predicted molar refractivity (Wildman–Crippen MR) is 82.6 cm³/mol. The van der Waals surface area contributed by atoms with Gasteiger partial charge in [-0.05, 0) is 17.7 Å². The minimum absolute atomic E-state index is 0.175. The highest BCUT2D eigenvalue weighted by molar-refractivity contribution is 6.18. The molecule has 0 aliphatic heterocycles. The maximum absolute atomic E-state index is 12.4. The standard InChI is InChI=1S/C16H14ClN3O/c17-10-14(12-6-2-1-3-7-12)19-16(21)13-11-18-20-9-5-4-8-15(13)20/h1-9,11,14H,10H2,(H,19,21). The van der Waals surface area contributed by atoms with Crippen molar-refractivity contribution in [2.45, 2.75) is 6.04 Å². The lowest BCUT2D eigenvalue weighted by Gasteiger charge is -2.16. The van der Waals surface area contributed by atoms with Crippen LogP contribution in [-0.4, -0.2) is 21.4 Å². The minimum Gasteiger partial charge on any atom is -0.344 e. The number of rotatable bonds is 4. The molecule has 2 aromatic heterocycles. The van der Waals surface area contributed by atoms with Crippen molar-refractivity contribution in [1.29, 1.82) is 0 Å². The van der Waals surface area contributed by atoms with Crippen molar-refractivity contribution in [2.24, 2.45) is 0 Å². The van der Waals surface area contributed by atoms with Crippen molar-refractivity contribution in [1.82, 2.24) is 14.9 Å². The van der Waals surface area contributed by atoms with Gasteiger partial charge in [0.1, 0.15) is 0 Å². The number of nitrogens with zero attached hydrogens (tertiary/aromatic N) is 2. The van der Waals surface area contributed by atoms with Gasteiger partial charge in [-0.3, -0.25) is 4.79 Å². The third kappa shape index (κ3) is 2.76. The molecule has 106 valence electrons. The van der Waals surface area contributed by atoms with Crippen LogP contribution in [0.1, 0.15) is 22.0 Å². The number of nitrogens with one attached hydrogen (secondary N) is 1. The van der Waals surface area contributed by atoms with Crippen LogP contribution in [0.3, 0.4) is 0 Å². The summed E-state index contributed by atoms with van der Waals surface area (Å²) in [4.78, 5) is 12.4. The van der Waals surface area contributed by atoms with Gasteiger partial charge in [-0.1, -0.05) is 36.4 Å². The van der Waals surface area contributed by atoms with E-state index in [1.54, 1.807) is 10.7 Å². The number of hydrogen-bond donors (Lipinski definition) is 1. The van der Waals surface area contributed by atoms with Crippen LogP contribution in [0.5, 0.6) is 0 Å². The van der Waals surface area contributed by atoms with Crippen LogP contribution >= 0.6 is 11.6 Å². The zero-order chi connectivity index (χ0) is 14.7. The first-order chi connectivity index (χ1) is 10.3. The van der Waals surface area contributed by atoms with E-state index >= 15 is 0 Å². The number of halogens is 1. The Bertz CT molecular complexity index is 754. The molecular formula is C16H14ClN3O. The van der Waals surface area contributed by atoms with Gasteiger partial charge in [0.05, 0.1) is 23.3 Å². The summed E-state index contributed by atoms with van der Waals surface area (Å²) in [6.45, 7) is 0. The third-order valence-electron chi connectivity index (χ3n) is 3.33. The molecule has 2 heterocycles. The first-order valence-corrected chi connectivity index (χ1v) is 7.17. The van der Waals surface area contributed by atoms with Gasteiger partial charge in [0, 0.05) is 12.1 Å². The van der Waals surface area contributed by atoms with Crippen LogP contribution in [0.2, 0.25) is 0 Å². The molecule has 0 aliphatic rings. The molecule has 1 aromatic carbocycles. The van der Waals surface area contributed by atoms with E-state index in [0.29, 0.717) is 11.4 Å². The number of aromatic nitrogens is 2. The summed E-state index contributed by atoms with van der Waals surface area (Å²) in [5.41, 5.74) is 2.30. The van der Waals surface area contributed by atoms with Crippen molar-refractivity contribution in [2.75, 3.05) is 5.88 Å². The molecule has 0 bridgehead atoms. The second-order valence-electron chi connectivity index (χ2n) is 4.68. The van der Waals surface area contributed by atoms with Gasteiger partial charge < -0.3 is 5.32 Å². The average molecular weight is 300 g/mol. The zero-order valence-corrected chi connectivity index (χ0v) is 12.0. The molecule has 0 spiro atoms. The van der Waals surface area contributed by atoms with E-state index in [1.807, 2.05) is 54.7 Å². The maximum Gasteiger partial charge on any atom is 0.255 e. The van der Waals surface area contributed by atoms with E-state index < -0.39 is 0 Å². The Hall–Kier alpha value is -2.33. The second-order valence-corrected chi connectivity index (χ2v) is 4.99. The number of fused-ring (bicyclic) bond motifs is 1. The molecule has 0 fully saturated rings. The van der Waals surface area contributed by atoms with Crippen molar-refractivity contribution in [3.8, 4) is 0 Å². The Morgan fingerprint density at radius 1 is 1.19 bits per heavy atom. The minimum atomic E-state index is -0.223. The van der Waals surface area contributed by atoms with Gasteiger partial charge in [0.25, 0.3) is 5.91 Å². The molecule has 21 heavy (non-hydrogen) atoms. The Morgan fingerprint density at radius 2 is 1.95 bits per heavy atom. The number of carbonyl (C=O) groups is 1. The molecular weight excluding hydrogens is 286 g/mol. The molecule has 3 aromatic rings. The monoisotopic (exact) mass is 299 g/mol. The van der Waals surface area contributed by atoms with Crippen molar-refractivity contribution >= 4 is 23.0 Å².